The second-order valence-electron chi connectivity index (χ2n) is 5.64. The summed E-state index contributed by atoms with van der Waals surface area (Å²) in [7, 11) is 3.44. The second-order valence-corrected chi connectivity index (χ2v) is 5.64. The first-order chi connectivity index (χ1) is 11.5. The van der Waals surface area contributed by atoms with Crippen LogP contribution in [0.4, 0.5) is 5.69 Å². The molecule has 7 heteroatoms. The van der Waals surface area contributed by atoms with E-state index in [9.17, 15) is 4.79 Å². The number of hydrogen-bond donors (Lipinski definition) is 0. The fourth-order valence-corrected chi connectivity index (χ4v) is 2.76. The van der Waals surface area contributed by atoms with Crippen molar-refractivity contribution in [2.45, 2.75) is 13.8 Å². The topological polar surface area (TPSA) is 65.8 Å². The number of carbonyl (C=O) groups is 1. The van der Waals surface area contributed by atoms with Crippen LogP contribution in [0.3, 0.4) is 0 Å². The number of nitrogens with zero attached hydrogens (tertiary/aromatic N) is 3. The van der Waals surface area contributed by atoms with Gasteiger partial charge in [-0.1, -0.05) is 0 Å². The van der Waals surface area contributed by atoms with Gasteiger partial charge in [0.05, 0.1) is 25.0 Å². The molecule has 2 aromatic rings. The molecule has 0 unspecified atom stereocenters. The molecule has 2 heterocycles. The molecule has 1 aromatic carbocycles. The number of carbonyl (C=O) groups excluding carboxylic acids is 1. The average Bonchev–Trinajstić information content (AvgIpc) is 2.83. The summed E-state index contributed by atoms with van der Waals surface area (Å²) in [5.41, 5.74) is 2.37. The highest BCUT2D eigenvalue weighted by Crippen LogP contribution is 2.35. The van der Waals surface area contributed by atoms with E-state index in [-0.39, 0.29) is 12.5 Å². The third-order valence-corrected chi connectivity index (χ3v) is 4.11. The van der Waals surface area contributed by atoms with E-state index in [0.717, 1.165) is 11.4 Å². The minimum Gasteiger partial charge on any atom is -0.497 e. The lowest BCUT2D eigenvalue weighted by atomic mass is 10.2. The third kappa shape index (κ3) is 2.89. The largest absolute Gasteiger partial charge is 0.497 e. The van der Waals surface area contributed by atoms with Crippen molar-refractivity contribution in [1.29, 1.82) is 0 Å². The average molecular weight is 331 g/mol. The van der Waals surface area contributed by atoms with E-state index in [4.69, 9.17) is 14.2 Å². The van der Waals surface area contributed by atoms with Crippen molar-refractivity contribution in [2.24, 2.45) is 7.05 Å². The maximum Gasteiger partial charge on any atom is 0.265 e. The van der Waals surface area contributed by atoms with E-state index < -0.39 is 0 Å². The van der Waals surface area contributed by atoms with Crippen molar-refractivity contribution in [2.75, 3.05) is 31.8 Å². The molecule has 0 aliphatic carbocycles. The molecular formula is C17H21N3O4. The van der Waals surface area contributed by atoms with Crippen LogP contribution in [0.25, 0.3) is 0 Å². The van der Waals surface area contributed by atoms with Crippen LogP contribution in [0, 0.1) is 13.8 Å². The van der Waals surface area contributed by atoms with E-state index >= 15 is 0 Å². The Morgan fingerprint density at radius 3 is 2.83 bits per heavy atom. The van der Waals surface area contributed by atoms with Crippen LogP contribution < -0.4 is 19.1 Å². The summed E-state index contributed by atoms with van der Waals surface area (Å²) in [5, 5.41) is 4.29. The van der Waals surface area contributed by atoms with Crippen LogP contribution in [0.1, 0.15) is 11.4 Å². The summed E-state index contributed by atoms with van der Waals surface area (Å²) in [4.78, 5) is 14.3. The molecule has 0 saturated heterocycles. The van der Waals surface area contributed by atoms with Gasteiger partial charge in [0.15, 0.2) is 12.4 Å². The number of anilines is 1. The Morgan fingerprint density at radius 2 is 2.17 bits per heavy atom. The fourth-order valence-electron chi connectivity index (χ4n) is 2.76. The van der Waals surface area contributed by atoms with Gasteiger partial charge in [-0.05, 0) is 26.0 Å². The maximum atomic E-state index is 12.6. The minimum absolute atomic E-state index is 0.0516. The van der Waals surface area contributed by atoms with Crippen LogP contribution in [0.5, 0.6) is 17.2 Å². The van der Waals surface area contributed by atoms with Crippen molar-refractivity contribution in [1.82, 2.24) is 9.78 Å². The van der Waals surface area contributed by atoms with Gasteiger partial charge in [0.2, 0.25) is 0 Å². The molecule has 0 radical (unpaired) electrons. The number of aromatic nitrogens is 2. The molecule has 7 nitrogen and oxygen atoms in total. The monoisotopic (exact) mass is 331 g/mol. The molecule has 128 valence electrons. The molecule has 0 fully saturated rings. The first-order valence-corrected chi connectivity index (χ1v) is 7.75. The zero-order valence-electron chi connectivity index (χ0n) is 14.3. The quantitative estimate of drug-likeness (QED) is 0.855. The van der Waals surface area contributed by atoms with Gasteiger partial charge < -0.3 is 19.1 Å². The number of fused-ring (bicyclic) bond motifs is 1. The maximum absolute atomic E-state index is 12.6. The molecule has 0 bridgehead atoms. The number of rotatable bonds is 4. The highest BCUT2D eigenvalue weighted by Gasteiger charge is 2.25. The Bertz CT molecular complexity index is 769. The summed E-state index contributed by atoms with van der Waals surface area (Å²) in [6.07, 6.45) is 0. The van der Waals surface area contributed by atoms with Gasteiger partial charge >= 0.3 is 0 Å². The number of aryl methyl sites for hydroxylation is 2. The Kier molecular flexibility index (Phi) is 4.33. The highest BCUT2D eigenvalue weighted by molar-refractivity contribution is 5.96. The van der Waals surface area contributed by atoms with Crippen LogP contribution in [0.15, 0.2) is 18.2 Å². The molecule has 1 aromatic heterocycles. The van der Waals surface area contributed by atoms with Gasteiger partial charge in [-0.2, -0.15) is 5.10 Å². The number of hydrogen-bond acceptors (Lipinski definition) is 5. The Balaban J connectivity index is 1.77. The van der Waals surface area contributed by atoms with E-state index in [1.807, 2.05) is 33.0 Å². The summed E-state index contributed by atoms with van der Waals surface area (Å²) >= 11 is 0. The summed E-state index contributed by atoms with van der Waals surface area (Å²) in [6.45, 7) is 4.66. The molecule has 0 saturated carbocycles. The molecule has 0 spiro atoms. The standard InChI is InChI=1S/C17H21N3O4/c1-11-17(12(2)19(3)18-11)24-10-16(21)20-7-8-23-15-6-5-13(22-4)9-14(15)20/h5-6,9H,7-8,10H2,1-4H3. The van der Waals surface area contributed by atoms with Gasteiger partial charge in [-0.25, -0.2) is 0 Å². The van der Waals surface area contributed by atoms with Crippen LogP contribution in [-0.4, -0.2) is 42.6 Å². The normalized spacial score (nSPS) is 13.2. The SMILES string of the molecule is COc1ccc2c(c1)N(C(=O)COc1c(C)nn(C)c1C)CCO2. The Morgan fingerprint density at radius 1 is 1.38 bits per heavy atom. The predicted octanol–water partition coefficient (Wildman–Crippen LogP) is 1.85. The molecule has 1 aliphatic rings. The predicted molar refractivity (Wildman–Crippen MR) is 89.0 cm³/mol. The van der Waals surface area contributed by atoms with Crippen molar-refractivity contribution in [3.05, 3.63) is 29.6 Å². The molecule has 0 atom stereocenters. The fraction of sp³-hybridized carbons (Fsp3) is 0.412. The van der Waals surface area contributed by atoms with E-state index in [0.29, 0.717) is 36.1 Å². The second kappa shape index (κ2) is 6.43. The van der Waals surface area contributed by atoms with Crippen LogP contribution in [-0.2, 0) is 11.8 Å². The molecule has 0 N–H and O–H groups in total. The van der Waals surface area contributed by atoms with Gasteiger partial charge in [0.1, 0.15) is 23.8 Å². The Hall–Kier alpha value is -2.70. The number of ether oxygens (including phenoxy) is 3. The lowest BCUT2D eigenvalue weighted by Gasteiger charge is -2.29. The molecule has 1 aliphatic heterocycles. The zero-order chi connectivity index (χ0) is 17.3. The van der Waals surface area contributed by atoms with Crippen molar-refractivity contribution in [3.8, 4) is 17.2 Å². The van der Waals surface area contributed by atoms with E-state index in [1.54, 1.807) is 22.8 Å². The number of methoxy groups -OCH3 is 1. The van der Waals surface area contributed by atoms with Crippen molar-refractivity contribution >= 4 is 11.6 Å². The van der Waals surface area contributed by atoms with Gasteiger partial charge in [0, 0.05) is 13.1 Å². The van der Waals surface area contributed by atoms with E-state index in [1.165, 1.54) is 0 Å². The van der Waals surface area contributed by atoms with Gasteiger partial charge in [-0.3, -0.25) is 9.48 Å². The lowest BCUT2D eigenvalue weighted by Crippen LogP contribution is -2.40. The third-order valence-electron chi connectivity index (χ3n) is 4.11. The first kappa shape index (κ1) is 16.2. The Labute approximate surface area is 140 Å². The molecule has 3 rings (SSSR count). The summed E-state index contributed by atoms with van der Waals surface area (Å²) in [5.74, 6) is 1.88. The summed E-state index contributed by atoms with van der Waals surface area (Å²) < 4.78 is 18.3. The first-order valence-electron chi connectivity index (χ1n) is 7.75. The van der Waals surface area contributed by atoms with Crippen LogP contribution >= 0.6 is 0 Å². The number of benzene rings is 1. The van der Waals surface area contributed by atoms with E-state index in [2.05, 4.69) is 5.10 Å². The summed E-state index contributed by atoms with van der Waals surface area (Å²) in [6, 6.07) is 5.42. The minimum atomic E-state index is -0.129. The molecule has 24 heavy (non-hydrogen) atoms. The molecular weight excluding hydrogens is 310 g/mol. The smallest absolute Gasteiger partial charge is 0.265 e. The zero-order valence-corrected chi connectivity index (χ0v) is 14.3. The van der Waals surface area contributed by atoms with Crippen molar-refractivity contribution in [3.63, 3.8) is 0 Å². The van der Waals surface area contributed by atoms with Gasteiger partial charge in [-0.15, -0.1) is 0 Å². The number of amides is 1. The van der Waals surface area contributed by atoms with Gasteiger partial charge in [0.25, 0.3) is 5.91 Å². The molecule has 1 amide bonds. The van der Waals surface area contributed by atoms with Crippen molar-refractivity contribution < 1.29 is 19.0 Å². The lowest BCUT2D eigenvalue weighted by molar-refractivity contribution is -0.120. The van der Waals surface area contributed by atoms with Crippen LogP contribution in [0.2, 0.25) is 0 Å². The highest BCUT2D eigenvalue weighted by atomic mass is 16.5.